The van der Waals surface area contributed by atoms with Crippen LogP contribution in [0.5, 0.6) is 0 Å². The highest BCUT2D eigenvalue weighted by Crippen LogP contribution is 2.09. The molecule has 0 aliphatic carbocycles. The molecule has 1 aliphatic heterocycles. The van der Waals surface area contributed by atoms with E-state index in [0.717, 1.165) is 12.5 Å². The van der Waals surface area contributed by atoms with Gasteiger partial charge in [-0.3, -0.25) is 5.32 Å². The molecule has 10 heavy (non-hydrogen) atoms. The van der Waals surface area contributed by atoms with Crippen LogP contribution in [-0.2, 0) is 0 Å². The highest BCUT2D eigenvalue weighted by atomic mass is 15.1. The molecule has 0 amide bonds. The van der Waals surface area contributed by atoms with Gasteiger partial charge in [-0.15, -0.1) is 0 Å². The van der Waals surface area contributed by atoms with Gasteiger partial charge < -0.3 is 5.32 Å². The molecule has 3 unspecified atom stereocenters. The number of nitrogens with one attached hydrogen (secondary N) is 2. The Kier molecular flexibility index (Phi) is 2.69. The number of rotatable bonds is 0. The summed E-state index contributed by atoms with van der Waals surface area (Å²) in [6.07, 6.45) is 1.78. The maximum Gasteiger partial charge on any atom is 0.0544 e. The van der Waals surface area contributed by atoms with Gasteiger partial charge >= 0.3 is 0 Å². The second kappa shape index (κ2) is 3.35. The molecule has 2 nitrogen and oxygen atoms in total. The lowest BCUT2D eigenvalue weighted by molar-refractivity contribution is 0.385. The van der Waals surface area contributed by atoms with E-state index in [1.807, 2.05) is 0 Å². The normalized spacial score (nSPS) is 42.9. The molecule has 0 saturated carbocycles. The topological polar surface area (TPSA) is 24.1 Å². The zero-order chi connectivity index (χ0) is 7.56. The lowest BCUT2D eigenvalue weighted by atomic mass is 10.0. The van der Waals surface area contributed by atoms with Crippen LogP contribution in [0.25, 0.3) is 0 Å². The van der Waals surface area contributed by atoms with Crippen LogP contribution in [0.2, 0.25) is 0 Å². The van der Waals surface area contributed by atoms with Crippen molar-refractivity contribution < 1.29 is 0 Å². The summed E-state index contributed by atoms with van der Waals surface area (Å²) in [5.41, 5.74) is 0. The van der Waals surface area contributed by atoms with Gasteiger partial charge in [0.2, 0.25) is 0 Å². The molecule has 0 spiro atoms. The Bertz CT molecular complexity index is 103. The molecule has 1 heterocycles. The standard InChI is InChI=1S/C8H18N2/c1-6-4-5-9-8(3)10-7(6)2/h6-10H,4-5H2,1-3H3. The third-order valence-corrected chi connectivity index (χ3v) is 2.42. The molecule has 0 radical (unpaired) electrons. The van der Waals surface area contributed by atoms with E-state index in [0.29, 0.717) is 12.2 Å². The van der Waals surface area contributed by atoms with Gasteiger partial charge in [-0.1, -0.05) is 6.92 Å². The molecule has 60 valence electrons. The third-order valence-electron chi connectivity index (χ3n) is 2.42. The van der Waals surface area contributed by atoms with E-state index in [2.05, 4.69) is 31.4 Å². The Morgan fingerprint density at radius 2 is 1.90 bits per heavy atom. The van der Waals surface area contributed by atoms with Gasteiger partial charge in [0.1, 0.15) is 0 Å². The quantitative estimate of drug-likeness (QED) is 0.526. The first-order chi connectivity index (χ1) is 4.70. The van der Waals surface area contributed by atoms with Crippen LogP contribution in [0.3, 0.4) is 0 Å². The summed E-state index contributed by atoms with van der Waals surface area (Å²) in [5.74, 6) is 0.803. The molecular formula is C8H18N2. The fourth-order valence-corrected chi connectivity index (χ4v) is 1.40. The Balaban J connectivity index is 2.41. The van der Waals surface area contributed by atoms with Crippen molar-refractivity contribution in [3.05, 3.63) is 0 Å². The van der Waals surface area contributed by atoms with Gasteiger partial charge in [-0.05, 0) is 32.7 Å². The zero-order valence-electron chi connectivity index (χ0n) is 7.15. The van der Waals surface area contributed by atoms with Gasteiger partial charge in [0.15, 0.2) is 0 Å². The van der Waals surface area contributed by atoms with E-state index in [9.17, 15) is 0 Å². The summed E-state index contributed by atoms with van der Waals surface area (Å²) in [6, 6.07) is 0.657. The van der Waals surface area contributed by atoms with Gasteiger partial charge in [0.05, 0.1) is 6.17 Å². The zero-order valence-corrected chi connectivity index (χ0v) is 7.15. The molecule has 2 heteroatoms. The van der Waals surface area contributed by atoms with E-state index >= 15 is 0 Å². The monoisotopic (exact) mass is 142 g/mol. The van der Waals surface area contributed by atoms with Crippen molar-refractivity contribution in [1.82, 2.24) is 10.6 Å². The molecule has 0 aromatic carbocycles. The van der Waals surface area contributed by atoms with E-state index in [4.69, 9.17) is 0 Å². The van der Waals surface area contributed by atoms with Crippen molar-refractivity contribution in [3.63, 3.8) is 0 Å². The number of hydrogen-bond acceptors (Lipinski definition) is 2. The second-order valence-corrected chi connectivity index (χ2v) is 3.40. The molecule has 3 atom stereocenters. The summed E-state index contributed by atoms with van der Waals surface area (Å²) >= 11 is 0. The van der Waals surface area contributed by atoms with Crippen molar-refractivity contribution in [2.75, 3.05) is 6.54 Å². The van der Waals surface area contributed by atoms with Crippen LogP contribution < -0.4 is 10.6 Å². The van der Waals surface area contributed by atoms with Gasteiger partial charge in [0, 0.05) is 6.04 Å². The molecule has 1 fully saturated rings. The molecule has 1 aliphatic rings. The number of hydrogen-bond donors (Lipinski definition) is 2. The fraction of sp³-hybridized carbons (Fsp3) is 1.00. The molecule has 0 aromatic heterocycles. The predicted molar refractivity (Wildman–Crippen MR) is 43.8 cm³/mol. The largest absolute Gasteiger partial charge is 0.302 e. The Morgan fingerprint density at radius 1 is 1.20 bits per heavy atom. The first kappa shape index (κ1) is 8.02. The van der Waals surface area contributed by atoms with Crippen molar-refractivity contribution in [3.8, 4) is 0 Å². The van der Waals surface area contributed by atoms with Crippen molar-refractivity contribution >= 4 is 0 Å². The minimum absolute atomic E-state index is 0.486. The summed E-state index contributed by atoms with van der Waals surface area (Å²) < 4.78 is 0. The van der Waals surface area contributed by atoms with Crippen LogP contribution >= 0.6 is 0 Å². The minimum Gasteiger partial charge on any atom is -0.302 e. The van der Waals surface area contributed by atoms with Gasteiger partial charge in [-0.25, -0.2) is 0 Å². The van der Waals surface area contributed by atoms with E-state index in [-0.39, 0.29) is 0 Å². The second-order valence-electron chi connectivity index (χ2n) is 3.40. The lowest BCUT2D eigenvalue weighted by Gasteiger charge is -2.19. The maximum atomic E-state index is 3.48. The van der Waals surface area contributed by atoms with E-state index in [1.54, 1.807) is 0 Å². The minimum atomic E-state index is 0.486. The highest BCUT2D eigenvalue weighted by molar-refractivity contribution is 4.76. The molecule has 1 saturated heterocycles. The Labute approximate surface area is 63.4 Å². The molecule has 1 rings (SSSR count). The van der Waals surface area contributed by atoms with E-state index in [1.165, 1.54) is 6.42 Å². The predicted octanol–water partition coefficient (Wildman–Crippen LogP) is 0.940. The first-order valence-electron chi connectivity index (χ1n) is 4.19. The van der Waals surface area contributed by atoms with Crippen molar-refractivity contribution in [2.24, 2.45) is 5.92 Å². The molecule has 2 N–H and O–H groups in total. The van der Waals surface area contributed by atoms with Gasteiger partial charge in [0.25, 0.3) is 0 Å². The Morgan fingerprint density at radius 3 is 2.60 bits per heavy atom. The molecule has 0 aromatic rings. The maximum absolute atomic E-state index is 3.48. The van der Waals surface area contributed by atoms with E-state index < -0.39 is 0 Å². The fourth-order valence-electron chi connectivity index (χ4n) is 1.40. The van der Waals surface area contributed by atoms with Crippen LogP contribution in [0, 0.1) is 5.92 Å². The first-order valence-corrected chi connectivity index (χ1v) is 4.19. The third kappa shape index (κ3) is 1.96. The van der Waals surface area contributed by atoms with Crippen LogP contribution in [0.15, 0.2) is 0 Å². The average molecular weight is 142 g/mol. The SMILES string of the molecule is CC1NCCC(C)C(C)N1. The van der Waals surface area contributed by atoms with Crippen LogP contribution in [-0.4, -0.2) is 18.8 Å². The smallest absolute Gasteiger partial charge is 0.0544 e. The Hall–Kier alpha value is -0.0800. The summed E-state index contributed by atoms with van der Waals surface area (Å²) in [7, 11) is 0. The average Bonchev–Trinajstić information content (AvgIpc) is 1.96. The van der Waals surface area contributed by atoms with Crippen LogP contribution in [0.1, 0.15) is 27.2 Å². The molecular weight excluding hydrogens is 124 g/mol. The van der Waals surface area contributed by atoms with Crippen molar-refractivity contribution in [1.29, 1.82) is 0 Å². The summed E-state index contributed by atoms with van der Waals surface area (Å²) in [6.45, 7) is 7.89. The lowest BCUT2D eigenvalue weighted by Crippen LogP contribution is -2.42. The molecule has 0 bridgehead atoms. The summed E-state index contributed by atoms with van der Waals surface area (Å²) in [4.78, 5) is 0. The highest BCUT2D eigenvalue weighted by Gasteiger charge is 2.17. The summed E-state index contributed by atoms with van der Waals surface area (Å²) in [5, 5.41) is 6.87. The van der Waals surface area contributed by atoms with Crippen LogP contribution in [0.4, 0.5) is 0 Å². The van der Waals surface area contributed by atoms with Gasteiger partial charge in [-0.2, -0.15) is 0 Å². The van der Waals surface area contributed by atoms with Crippen molar-refractivity contribution in [2.45, 2.75) is 39.4 Å².